The van der Waals surface area contributed by atoms with Gasteiger partial charge in [0, 0.05) is 38.0 Å². The summed E-state index contributed by atoms with van der Waals surface area (Å²) in [7, 11) is 0.707. The quantitative estimate of drug-likeness (QED) is 0.722. The molecule has 1 saturated carbocycles. The number of benzene rings is 1. The fraction of sp³-hybridized carbons (Fsp3) is 0.667. The van der Waals surface area contributed by atoms with Crippen molar-refractivity contribution in [1.29, 1.82) is 0 Å². The van der Waals surface area contributed by atoms with Gasteiger partial charge in [-0.05, 0) is 45.3 Å². The van der Waals surface area contributed by atoms with Gasteiger partial charge in [0.15, 0.2) is 0 Å². The lowest BCUT2D eigenvalue weighted by atomic mass is 9.71. The number of nitrogens with zero attached hydrogens (tertiary/aromatic N) is 3. The predicted octanol–water partition coefficient (Wildman–Crippen LogP) is 1.67. The summed E-state index contributed by atoms with van der Waals surface area (Å²) in [6.07, 6.45) is 3.54. The Morgan fingerprint density at radius 2 is 1.86 bits per heavy atom. The molecule has 28 heavy (non-hydrogen) atoms. The van der Waals surface area contributed by atoms with E-state index in [-0.39, 0.29) is 22.6 Å². The molecule has 2 aliphatic heterocycles. The van der Waals surface area contributed by atoms with Gasteiger partial charge in [0.05, 0.1) is 11.3 Å². The molecule has 1 amide bonds. The first-order valence-electron chi connectivity index (χ1n) is 10.3. The van der Waals surface area contributed by atoms with Gasteiger partial charge < -0.3 is 9.80 Å². The smallest absolute Gasteiger partial charge is 0.222 e. The summed E-state index contributed by atoms with van der Waals surface area (Å²) in [5.74, 6) is 0.148. The summed E-state index contributed by atoms with van der Waals surface area (Å²) < 4.78 is 28.2. The molecule has 6 nitrogen and oxygen atoms in total. The SMILES string of the molecule is CN(C)CCN1C[C@H]2N(S(=O)(=O)C3CC3)CC[C@]2(c2ccccc2)CCC1=O. The van der Waals surface area contributed by atoms with Crippen molar-refractivity contribution in [3.63, 3.8) is 0 Å². The predicted molar refractivity (Wildman–Crippen MR) is 110 cm³/mol. The van der Waals surface area contributed by atoms with Crippen LogP contribution in [-0.4, -0.2) is 80.0 Å². The molecule has 0 aromatic heterocycles. The second-order valence-electron chi connectivity index (χ2n) is 8.79. The van der Waals surface area contributed by atoms with Crippen molar-refractivity contribution in [1.82, 2.24) is 14.1 Å². The van der Waals surface area contributed by atoms with Gasteiger partial charge in [0.1, 0.15) is 0 Å². The minimum absolute atomic E-state index is 0.148. The van der Waals surface area contributed by atoms with Crippen LogP contribution in [0.1, 0.15) is 37.7 Å². The summed E-state index contributed by atoms with van der Waals surface area (Å²) in [6.45, 7) is 2.48. The lowest BCUT2D eigenvalue weighted by molar-refractivity contribution is -0.131. The molecular formula is C21H31N3O3S. The largest absolute Gasteiger partial charge is 0.340 e. The van der Waals surface area contributed by atoms with E-state index in [1.807, 2.05) is 37.2 Å². The minimum Gasteiger partial charge on any atom is -0.340 e. The first-order valence-corrected chi connectivity index (χ1v) is 11.8. The van der Waals surface area contributed by atoms with Crippen molar-refractivity contribution in [2.45, 2.75) is 48.8 Å². The molecule has 0 radical (unpaired) electrons. The third-order valence-corrected chi connectivity index (χ3v) is 9.14. The fourth-order valence-electron chi connectivity index (χ4n) is 4.91. The number of fused-ring (bicyclic) bond motifs is 1. The zero-order valence-electron chi connectivity index (χ0n) is 16.9. The van der Waals surface area contributed by atoms with Crippen LogP contribution in [0, 0.1) is 0 Å². The van der Waals surface area contributed by atoms with Crippen LogP contribution in [0.4, 0.5) is 0 Å². The Morgan fingerprint density at radius 1 is 1.14 bits per heavy atom. The Bertz CT molecular complexity index is 823. The van der Waals surface area contributed by atoms with Crippen LogP contribution in [-0.2, 0) is 20.2 Å². The normalized spacial score (nSPS) is 29.2. The summed E-state index contributed by atoms with van der Waals surface area (Å²) in [4.78, 5) is 16.8. The van der Waals surface area contributed by atoms with Gasteiger partial charge >= 0.3 is 0 Å². The van der Waals surface area contributed by atoms with E-state index in [0.717, 1.165) is 32.2 Å². The van der Waals surface area contributed by atoms with Gasteiger partial charge in [-0.15, -0.1) is 0 Å². The number of sulfonamides is 1. The van der Waals surface area contributed by atoms with Crippen LogP contribution in [0.3, 0.4) is 0 Å². The van der Waals surface area contributed by atoms with E-state index in [4.69, 9.17) is 0 Å². The Balaban J connectivity index is 1.72. The lowest BCUT2D eigenvalue weighted by Crippen LogP contribution is -2.51. The van der Waals surface area contributed by atoms with Gasteiger partial charge in [0.2, 0.25) is 15.9 Å². The van der Waals surface area contributed by atoms with E-state index in [9.17, 15) is 13.2 Å². The van der Waals surface area contributed by atoms with Gasteiger partial charge in [-0.2, -0.15) is 4.31 Å². The standard InChI is InChI=1S/C21H31N3O3S/c1-22(2)14-15-23-16-19-21(11-10-20(23)25,17-6-4-3-5-7-17)12-13-24(19)28(26,27)18-8-9-18/h3-7,18-19H,8-16H2,1-2H3/t19-,21+/m1/s1. The molecule has 2 atom stereocenters. The van der Waals surface area contributed by atoms with Gasteiger partial charge in [-0.25, -0.2) is 8.42 Å². The molecule has 1 aromatic rings. The van der Waals surface area contributed by atoms with E-state index < -0.39 is 10.0 Å². The number of rotatable bonds is 6. The maximum absolute atomic E-state index is 13.2. The van der Waals surface area contributed by atoms with Gasteiger partial charge in [-0.1, -0.05) is 30.3 Å². The molecule has 0 N–H and O–H groups in total. The molecule has 0 unspecified atom stereocenters. The maximum atomic E-state index is 13.2. The number of carbonyl (C=O) groups is 1. The second kappa shape index (κ2) is 7.43. The average molecular weight is 406 g/mol. The third-order valence-electron chi connectivity index (χ3n) is 6.73. The van der Waals surface area contributed by atoms with Crippen molar-refractivity contribution in [2.75, 3.05) is 40.3 Å². The first kappa shape index (κ1) is 19.9. The van der Waals surface area contributed by atoms with E-state index >= 15 is 0 Å². The lowest BCUT2D eigenvalue weighted by Gasteiger charge is -2.38. The molecule has 0 spiro atoms. The van der Waals surface area contributed by atoms with Crippen LogP contribution in [0.15, 0.2) is 30.3 Å². The maximum Gasteiger partial charge on any atom is 0.222 e. The monoisotopic (exact) mass is 405 g/mol. The third kappa shape index (κ3) is 3.48. The molecule has 2 heterocycles. The zero-order chi connectivity index (χ0) is 19.9. The van der Waals surface area contributed by atoms with E-state index in [0.29, 0.717) is 26.1 Å². The number of likely N-dealkylation sites (N-methyl/N-ethyl adjacent to an activating group) is 1. The van der Waals surface area contributed by atoms with Crippen LogP contribution in [0.25, 0.3) is 0 Å². The van der Waals surface area contributed by atoms with Gasteiger partial charge in [0.25, 0.3) is 0 Å². The molecule has 1 aliphatic carbocycles. The van der Waals surface area contributed by atoms with Crippen molar-refractivity contribution >= 4 is 15.9 Å². The molecule has 1 aromatic carbocycles. The highest BCUT2D eigenvalue weighted by Gasteiger charge is 2.56. The fourth-order valence-corrected chi connectivity index (χ4v) is 7.00. The summed E-state index contributed by atoms with van der Waals surface area (Å²) >= 11 is 0. The number of hydrogen-bond acceptors (Lipinski definition) is 4. The highest BCUT2D eigenvalue weighted by Crippen LogP contribution is 2.48. The molecule has 154 valence electrons. The Kier molecular flexibility index (Phi) is 5.27. The van der Waals surface area contributed by atoms with Crippen LogP contribution in [0.2, 0.25) is 0 Å². The zero-order valence-corrected chi connectivity index (χ0v) is 17.7. The topological polar surface area (TPSA) is 60.9 Å². The number of likely N-dealkylation sites (tertiary alicyclic amines) is 1. The van der Waals surface area contributed by atoms with Crippen LogP contribution in [0.5, 0.6) is 0 Å². The highest BCUT2D eigenvalue weighted by molar-refractivity contribution is 7.90. The van der Waals surface area contributed by atoms with E-state index in [2.05, 4.69) is 17.0 Å². The van der Waals surface area contributed by atoms with E-state index in [1.165, 1.54) is 5.56 Å². The van der Waals surface area contributed by atoms with Crippen molar-refractivity contribution in [3.8, 4) is 0 Å². The molecule has 3 fully saturated rings. The Morgan fingerprint density at radius 3 is 2.50 bits per heavy atom. The van der Waals surface area contributed by atoms with Gasteiger partial charge in [-0.3, -0.25) is 4.79 Å². The second-order valence-corrected chi connectivity index (χ2v) is 11.0. The first-order chi connectivity index (χ1) is 13.3. The van der Waals surface area contributed by atoms with Crippen molar-refractivity contribution in [2.24, 2.45) is 0 Å². The van der Waals surface area contributed by atoms with Crippen LogP contribution < -0.4 is 0 Å². The molecule has 0 bridgehead atoms. The number of carbonyl (C=O) groups excluding carboxylic acids is 1. The Hall–Kier alpha value is -1.44. The Labute approximate surface area is 168 Å². The average Bonchev–Trinajstić information content (AvgIpc) is 3.48. The number of amides is 1. The summed E-state index contributed by atoms with van der Waals surface area (Å²) in [5, 5.41) is -0.215. The summed E-state index contributed by atoms with van der Waals surface area (Å²) in [5.41, 5.74) is 0.905. The summed E-state index contributed by atoms with van der Waals surface area (Å²) in [6, 6.07) is 10.1. The number of hydrogen-bond donors (Lipinski definition) is 0. The molecule has 2 saturated heterocycles. The molecule has 7 heteroatoms. The van der Waals surface area contributed by atoms with Crippen molar-refractivity contribution in [3.05, 3.63) is 35.9 Å². The van der Waals surface area contributed by atoms with E-state index in [1.54, 1.807) is 4.31 Å². The minimum atomic E-state index is -3.29. The van der Waals surface area contributed by atoms with Crippen molar-refractivity contribution < 1.29 is 13.2 Å². The molecular weight excluding hydrogens is 374 g/mol. The molecule has 4 rings (SSSR count). The highest BCUT2D eigenvalue weighted by atomic mass is 32.2. The molecule has 3 aliphatic rings. The van der Waals surface area contributed by atoms with Crippen LogP contribution >= 0.6 is 0 Å².